The fourth-order valence-electron chi connectivity index (χ4n) is 1.89. The Bertz CT molecular complexity index is 602. The molecule has 0 bridgehead atoms. The van der Waals surface area contributed by atoms with E-state index in [-0.39, 0.29) is 0 Å². The largest absolute Gasteiger partial charge is 0.496 e. The van der Waals surface area contributed by atoms with Crippen LogP contribution in [0.2, 0.25) is 0 Å². The minimum atomic E-state index is 0.668. The van der Waals surface area contributed by atoms with Crippen molar-refractivity contribution in [1.82, 2.24) is 9.97 Å². The third kappa shape index (κ3) is 3.48. The quantitative estimate of drug-likeness (QED) is 0.895. The van der Waals surface area contributed by atoms with Gasteiger partial charge in [-0.2, -0.15) is 0 Å². The molecule has 2 aromatic rings. The van der Waals surface area contributed by atoms with Crippen molar-refractivity contribution in [2.24, 2.45) is 0 Å². The highest BCUT2D eigenvalue weighted by molar-refractivity contribution is 9.10. The van der Waals surface area contributed by atoms with Gasteiger partial charge in [0.1, 0.15) is 11.6 Å². The topological polar surface area (TPSA) is 47.0 Å². The average Bonchev–Trinajstić information content (AvgIpc) is 2.44. The van der Waals surface area contributed by atoms with Crippen molar-refractivity contribution in [1.29, 1.82) is 0 Å². The van der Waals surface area contributed by atoms with Crippen LogP contribution in [0, 0.1) is 6.92 Å². The van der Waals surface area contributed by atoms with Gasteiger partial charge >= 0.3 is 0 Å². The minimum Gasteiger partial charge on any atom is -0.496 e. The van der Waals surface area contributed by atoms with E-state index in [9.17, 15) is 0 Å². The normalized spacial score (nSPS) is 10.4. The van der Waals surface area contributed by atoms with Crippen molar-refractivity contribution in [2.45, 2.75) is 20.3 Å². The van der Waals surface area contributed by atoms with Gasteiger partial charge in [0.15, 0.2) is 5.82 Å². The Labute approximate surface area is 127 Å². The van der Waals surface area contributed by atoms with Gasteiger partial charge in [-0.3, -0.25) is 0 Å². The monoisotopic (exact) mass is 335 g/mol. The highest BCUT2D eigenvalue weighted by Crippen LogP contribution is 2.31. The Morgan fingerprint density at radius 3 is 2.75 bits per heavy atom. The fraction of sp³-hybridized carbons (Fsp3) is 0.333. The molecule has 0 saturated heterocycles. The maximum atomic E-state index is 5.39. The number of hydrogen-bond donors (Lipinski definition) is 1. The molecule has 106 valence electrons. The Hall–Kier alpha value is -1.62. The standard InChI is InChI=1S/C15H18BrN3O/c1-4-7-17-14-8-10(2)18-15(19-14)12-9-11(16)5-6-13(12)20-3/h5-6,8-9H,4,7H2,1-3H3,(H,17,18,19). The van der Waals surface area contributed by atoms with Crippen LogP contribution in [0.25, 0.3) is 11.4 Å². The molecule has 0 saturated carbocycles. The summed E-state index contributed by atoms with van der Waals surface area (Å²) in [6, 6.07) is 7.76. The zero-order chi connectivity index (χ0) is 14.5. The van der Waals surface area contributed by atoms with Crippen LogP contribution >= 0.6 is 15.9 Å². The average molecular weight is 336 g/mol. The highest BCUT2D eigenvalue weighted by Gasteiger charge is 2.11. The molecule has 0 fully saturated rings. The van der Waals surface area contributed by atoms with Gasteiger partial charge in [-0.05, 0) is 31.5 Å². The maximum absolute atomic E-state index is 5.39. The second-order valence-corrected chi connectivity index (χ2v) is 5.41. The third-order valence-corrected chi connectivity index (χ3v) is 3.31. The summed E-state index contributed by atoms with van der Waals surface area (Å²) in [6.45, 7) is 4.98. The molecule has 2 rings (SSSR count). The number of rotatable bonds is 5. The van der Waals surface area contributed by atoms with Gasteiger partial charge in [0.2, 0.25) is 0 Å². The molecule has 4 nitrogen and oxygen atoms in total. The van der Waals surface area contributed by atoms with Gasteiger partial charge < -0.3 is 10.1 Å². The summed E-state index contributed by atoms with van der Waals surface area (Å²) in [5, 5.41) is 3.29. The Morgan fingerprint density at radius 2 is 2.05 bits per heavy atom. The smallest absolute Gasteiger partial charge is 0.165 e. The van der Waals surface area contributed by atoms with Crippen LogP contribution in [-0.4, -0.2) is 23.6 Å². The van der Waals surface area contributed by atoms with Crippen molar-refractivity contribution in [2.75, 3.05) is 19.0 Å². The van der Waals surface area contributed by atoms with E-state index in [0.717, 1.165) is 40.3 Å². The molecular weight excluding hydrogens is 318 g/mol. The van der Waals surface area contributed by atoms with Gasteiger partial charge in [-0.15, -0.1) is 0 Å². The Kier molecular flexibility index (Phi) is 4.95. The summed E-state index contributed by atoms with van der Waals surface area (Å²) in [5.41, 5.74) is 1.81. The number of anilines is 1. The van der Waals surface area contributed by atoms with Gasteiger partial charge in [0, 0.05) is 22.8 Å². The van der Waals surface area contributed by atoms with Gasteiger partial charge in [-0.25, -0.2) is 9.97 Å². The van der Waals surface area contributed by atoms with Crippen LogP contribution in [0.3, 0.4) is 0 Å². The van der Waals surface area contributed by atoms with Gasteiger partial charge in [-0.1, -0.05) is 22.9 Å². The SMILES string of the molecule is CCCNc1cc(C)nc(-c2cc(Br)ccc2OC)n1. The van der Waals surface area contributed by atoms with Gasteiger partial charge in [0.05, 0.1) is 12.7 Å². The summed E-state index contributed by atoms with van der Waals surface area (Å²) < 4.78 is 6.37. The molecule has 0 radical (unpaired) electrons. The van der Waals surface area contributed by atoms with Crippen molar-refractivity contribution < 1.29 is 4.74 Å². The van der Waals surface area contributed by atoms with E-state index >= 15 is 0 Å². The van der Waals surface area contributed by atoms with Crippen LogP contribution in [-0.2, 0) is 0 Å². The summed E-state index contributed by atoms with van der Waals surface area (Å²) in [4.78, 5) is 9.08. The number of hydrogen-bond acceptors (Lipinski definition) is 4. The summed E-state index contributed by atoms with van der Waals surface area (Å²) in [6.07, 6.45) is 1.05. The Morgan fingerprint density at radius 1 is 1.25 bits per heavy atom. The van der Waals surface area contributed by atoms with Crippen LogP contribution in [0.1, 0.15) is 19.0 Å². The van der Waals surface area contributed by atoms with Gasteiger partial charge in [0.25, 0.3) is 0 Å². The van der Waals surface area contributed by atoms with Crippen molar-refractivity contribution in [3.05, 3.63) is 34.4 Å². The molecule has 1 aromatic carbocycles. The number of ether oxygens (including phenoxy) is 1. The predicted octanol–water partition coefficient (Wildman–Crippen LogP) is 4.05. The van der Waals surface area contributed by atoms with Crippen molar-refractivity contribution >= 4 is 21.7 Å². The molecule has 1 heterocycles. The van der Waals surface area contributed by atoms with Crippen molar-refractivity contribution in [3.8, 4) is 17.1 Å². The van der Waals surface area contributed by atoms with E-state index in [0.29, 0.717) is 5.82 Å². The molecule has 0 aliphatic carbocycles. The van der Waals surface area contributed by atoms with E-state index in [1.807, 2.05) is 31.2 Å². The number of nitrogens with zero attached hydrogens (tertiary/aromatic N) is 2. The van der Waals surface area contributed by atoms with Crippen LogP contribution < -0.4 is 10.1 Å². The number of aryl methyl sites for hydroxylation is 1. The molecule has 1 N–H and O–H groups in total. The van der Waals surface area contributed by atoms with Crippen molar-refractivity contribution in [3.63, 3.8) is 0 Å². The molecule has 20 heavy (non-hydrogen) atoms. The molecule has 0 aliphatic rings. The first kappa shape index (κ1) is 14.8. The lowest BCUT2D eigenvalue weighted by molar-refractivity contribution is 0.416. The number of benzene rings is 1. The molecule has 5 heteroatoms. The molecule has 0 unspecified atom stereocenters. The molecule has 1 aromatic heterocycles. The van der Waals surface area contributed by atoms with E-state index in [4.69, 9.17) is 4.74 Å². The molecule has 0 spiro atoms. The second-order valence-electron chi connectivity index (χ2n) is 4.49. The summed E-state index contributed by atoms with van der Waals surface area (Å²) >= 11 is 3.48. The third-order valence-electron chi connectivity index (χ3n) is 2.81. The first-order valence-corrected chi connectivity index (χ1v) is 7.36. The number of methoxy groups -OCH3 is 1. The second kappa shape index (κ2) is 6.70. The number of halogens is 1. The van der Waals surface area contributed by atoms with E-state index in [1.165, 1.54) is 0 Å². The van der Waals surface area contributed by atoms with E-state index in [2.05, 4.69) is 38.1 Å². The first-order chi connectivity index (χ1) is 9.63. The molecule has 0 amide bonds. The van der Waals surface area contributed by atoms with Crippen LogP contribution in [0.4, 0.5) is 5.82 Å². The predicted molar refractivity (Wildman–Crippen MR) is 85.2 cm³/mol. The lowest BCUT2D eigenvalue weighted by atomic mass is 10.2. The zero-order valence-corrected chi connectivity index (χ0v) is 13.5. The fourth-order valence-corrected chi connectivity index (χ4v) is 2.25. The molecule has 0 aliphatic heterocycles. The Balaban J connectivity index is 2.46. The molecule has 0 atom stereocenters. The summed E-state index contributed by atoms with van der Waals surface area (Å²) in [5.74, 6) is 2.28. The number of aromatic nitrogens is 2. The first-order valence-electron chi connectivity index (χ1n) is 6.57. The zero-order valence-electron chi connectivity index (χ0n) is 11.9. The van der Waals surface area contributed by atoms with E-state index < -0.39 is 0 Å². The number of nitrogens with one attached hydrogen (secondary N) is 1. The van der Waals surface area contributed by atoms with Crippen LogP contribution in [0.5, 0.6) is 5.75 Å². The lowest BCUT2D eigenvalue weighted by Crippen LogP contribution is -2.04. The summed E-state index contributed by atoms with van der Waals surface area (Å²) in [7, 11) is 1.65. The van der Waals surface area contributed by atoms with Crippen LogP contribution in [0.15, 0.2) is 28.7 Å². The minimum absolute atomic E-state index is 0.668. The van der Waals surface area contributed by atoms with E-state index in [1.54, 1.807) is 7.11 Å². The highest BCUT2D eigenvalue weighted by atomic mass is 79.9. The lowest BCUT2D eigenvalue weighted by Gasteiger charge is -2.11. The molecular formula is C15H18BrN3O. The maximum Gasteiger partial charge on any atom is 0.165 e.